The quantitative estimate of drug-likeness (QED) is 0.238. The number of carbonyl (C=O) groups excluding carboxylic acids is 5. The highest BCUT2D eigenvalue weighted by Crippen LogP contribution is 2.56. The average Bonchev–Trinajstić information content (AvgIpc) is 3.06. The normalized spacial score (nSPS) is 39.7. The summed E-state index contributed by atoms with van der Waals surface area (Å²) in [5, 5.41) is 23.6. The average molecular weight is 739 g/mol. The molecule has 294 valence electrons. The van der Waals surface area contributed by atoms with E-state index in [2.05, 4.69) is 0 Å². The van der Waals surface area contributed by atoms with Gasteiger partial charge in [0.25, 0.3) is 0 Å². The molecule has 53 heavy (non-hydrogen) atoms. The number of ether oxygens (including phenoxy) is 3. The number of rotatable bonds is 3. The fourth-order valence-corrected chi connectivity index (χ4v) is 9.14. The fourth-order valence-electron chi connectivity index (χ4n) is 9.14. The van der Waals surface area contributed by atoms with E-state index in [-0.39, 0.29) is 49.0 Å². The summed E-state index contributed by atoms with van der Waals surface area (Å²) in [6.45, 7) is 15.7. The molecule has 10 nitrogen and oxygen atoms in total. The Bertz CT molecular complexity index is 1590. The Balaban J connectivity index is 2.05. The number of carbonyl (C=O) groups is 5. The van der Waals surface area contributed by atoms with Gasteiger partial charge in [0.15, 0.2) is 11.6 Å². The van der Waals surface area contributed by atoms with Gasteiger partial charge in [0.1, 0.15) is 17.5 Å². The third kappa shape index (κ3) is 9.03. The number of esters is 2. The van der Waals surface area contributed by atoms with E-state index in [1.165, 1.54) is 14.0 Å². The molecular weight excluding hydrogens is 676 g/mol. The monoisotopic (exact) mass is 738 g/mol. The fraction of sp³-hybridized carbons (Fsp3) is 0.698. The standard InChI is InChI=1S/C43H62O10/c1-24(2)30-21-34(45)27(5)13-11-12-25(3)19-35(46)33-20-28(6)31-22-39(52-29(7)44)42(9,50)38-16-17-41(8,49)37(53-38)15-14-26(4)18-32(31)43(33,23-36(30)47)40(48)51-10/h13,18-19,24,30,32-33,37-39,49-50H,11-12,14-17,20-23H2,1-10H3/b25-19+,26-18+,27-13+/t30-,32-,33+,37-,38+,39-,41+,42-,43-/m0/s1. The third-order valence-corrected chi connectivity index (χ3v) is 12.6. The number of Topliss-reactive ketones (excluding diaryl/α,β-unsaturated/α-hetero) is 2. The van der Waals surface area contributed by atoms with Crippen molar-refractivity contribution in [2.45, 2.75) is 156 Å². The Morgan fingerprint density at radius 3 is 2.25 bits per heavy atom. The van der Waals surface area contributed by atoms with Gasteiger partial charge < -0.3 is 24.4 Å². The molecule has 0 amide bonds. The molecule has 2 N–H and O–H groups in total. The summed E-state index contributed by atoms with van der Waals surface area (Å²) in [6, 6.07) is 0. The van der Waals surface area contributed by atoms with Crippen molar-refractivity contribution in [2.75, 3.05) is 7.11 Å². The molecule has 0 saturated carbocycles. The van der Waals surface area contributed by atoms with Crippen LogP contribution in [0.1, 0.15) is 127 Å². The van der Waals surface area contributed by atoms with Gasteiger partial charge in [-0.15, -0.1) is 0 Å². The van der Waals surface area contributed by atoms with Crippen LogP contribution < -0.4 is 0 Å². The highest BCUT2D eigenvalue weighted by atomic mass is 16.6. The summed E-state index contributed by atoms with van der Waals surface area (Å²) in [5.41, 5.74) is -0.945. The second kappa shape index (κ2) is 16.7. The van der Waals surface area contributed by atoms with Crippen LogP contribution in [-0.4, -0.2) is 76.1 Å². The summed E-state index contributed by atoms with van der Waals surface area (Å²) in [6.07, 6.45) is 5.18. The van der Waals surface area contributed by atoms with Crippen LogP contribution in [0.5, 0.6) is 0 Å². The molecule has 2 bridgehead atoms. The van der Waals surface area contributed by atoms with Crippen LogP contribution in [0.2, 0.25) is 0 Å². The SMILES string of the molecule is COC(=O)[C@]12CC(=O)[C@H](C(C)C)CC(=O)/C(C)=C/CC/C(C)=C/C(=O)[C@H]1CC(C)=C1C[C@H](OC(C)=O)[C@@](C)(O)[C@H]3CC[C@@](C)(O)[C@H](CC/C(C)=C/[C@@H]12)O3. The number of fused-ring (bicyclic) bond motifs is 5. The highest BCUT2D eigenvalue weighted by molar-refractivity contribution is 6.02. The maximum atomic E-state index is 14.8. The second-order valence-electron chi connectivity index (χ2n) is 17.1. The second-order valence-corrected chi connectivity index (χ2v) is 17.1. The highest BCUT2D eigenvalue weighted by Gasteiger charge is 2.60. The van der Waals surface area contributed by atoms with Gasteiger partial charge in [-0.25, -0.2) is 0 Å². The zero-order valence-corrected chi connectivity index (χ0v) is 33.5. The van der Waals surface area contributed by atoms with Crippen LogP contribution in [0.4, 0.5) is 0 Å². The Kier molecular flexibility index (Phi) is 13.4. The number of hydrogen-bond donors (Lipinski definition) is 2. The first-order valence-electron chi connectivity index (χ1n) is 19.3. The van der Waals surface area contributed by atoms with Crippen molar-refractivity contribution in [3.63, 3.8) is 0 Å². The summed E-state index contributed by atoms with van der Waals surface area (Å²) in [5.74, 6) is -4.86. The van der Waals surface area contributed by atoms with Crippen LogP contribution in [0.25, 0.3) is 0 Å². The molecule has 0 radical (unpaired) electrons. The lowest BCUT2D eigenvalue weighted by Gasteiger charge is -2.50. The summed E-state index contributed by atoms with van der Waals surface area (Å²) < 4.78 is 17.9. The van der Waals surface area contributed by atoms with Gasteiger partial charge in [0.05, 0.1) is 30.3 Å². The molecule has 2 aliphatic heterocycles. The smallest absolute Gasteiger partial charge is 0.313 e. The first kappa shape index (κ1) is 42.5. The predicted molar refractivity (Wildman–Crippen MR) is 200 cm³/mol. The predicted octanol–water partition coefficient (Wildman–Crippen LogP) is 6.66. The Labute approximate surface area is 315 Å². The minimum atomic E-state index is -1.73. The Morgan fingerprint density at radius 1 is 0.943 bits per heavy atom. The maximum absolute atomic E-state index is 14.8. The molecule has 1 fully saturated rings. The van der Waals surface area contributed by atoms with Crippen LogP contribution in [0.3, 0.4) is 0 Å². The minimum absolute atomic E-state index is 0.00736. The van der Waals surface area contributed by atoms with Crippen molar-refractivity contribution >= 4 is 29.3 Å². The lowest BCUT2D eigenvalue weighted by atomic mass is 9.53. The van der Waals surface area contributed by atoms with E-state index >= 15 is 0 Å². The molecule has 9 atom stereocenters. The zero-order valence-electron chi connectivity index (χ0n) is 33.5. The summed E-state index contributed by atoms with van der Waals surface area (Å²) in [7, 11) is 1.26. The molecule has 0 aromatic carbocycles. The van der Waals surface area contributed by atoms with Crippen molar-refractivity contribution in [3.05, 3.63) is 46.1 Å². The van der Waals surface area contributed by atoms with Crippen molar-refractivity contribution in [1.82, 2.24) is 0 Å². The van der Waals surface area contributed by atoms with Crippen molar-refractivity contribution in [2.24, 2.45) is 29.1 Å². The van der Waals surface area contributed by atoms with Gasteiger partial charge in [-0.05, 0) is 104 Å². The molecule has 0 aromatic heterocycles. The molecule has 2 aliphatic carbocycles. The van der Waals surface area contributed by atoms with Crippen LogP contribution >= 0.6 is 0 Å². The van der Waals surface area contributed by atoms with Crippen LogP contribution in [-0.2, 0) is 38.2 Å². The topological polar surface area (TPSA) is 154 Å². The van der Waals surface area contributed by atoms with Gasteiger partial charge in [0, 0.05) is 43.9 Å². The van der Waals surface area contributed by atoms with Gasteiger partial charge in [-0.2, -0.15) is 0 Å². The third-order valence-electron chi connectivity index (χ3n) is 12.6. The van der Waals surface area contributed by atoms with Gasteiger partial charge in [0.2, 0.25) is 0 Å². The molecule has 0 spiro atoms. The zero-order chi connectivity index (χ0) is 39.6. The number of hydrogen-bond acceptors (Lipinski definition) is 10. The van der Waals surface area contributed by atoms with E-state index in [0.29, 0.717) is 49.7 Å². The number of ketones is 3. The van der Waals surface area contributed by atoms with E-state index in [1.807, 2.05) is 46.8 Å². The molecule has 4 aliphatic rings. The summed E-state index contributed by atoms with van der Waals surface area (Å²) in [4.78, 5) is 70.3. The van der Waals surface area contributed by atoms with Gasteiger partial charge in [-0.1, -0.05) is 48.3 Å². The summed E-state index contributed by atoms with van der Waals surface area (Å²) >= 11 is 0. The van der Waals surface area contributed by atoms with E-state index in [1.54, 1.807) is 26.8 Å². The first-order valence-corrected chi connectivity index (χ1v) is 19.3. The van der Waals surface area contributed by atoms with Crippen molar-refractivity contribution < 1.29 is 48.4 Å². The molecule has 0 aromatic rings. The molecule has 4 rings (SSSR count). The van der Waals surface area contributed by atoms with Crippen molar-refractivity contribution in [1.29, 1.82) is 0 Å². The van der Waals surface area contributed by atoms with E-state index in [4.69, 9.17) is 14.2 Å². The lowest BCUT2D eigenvalue weighted by molar-refractivity contribution is -0.239. The Morgan fingerprint density at radius 2 is 1.62 bits per heavy atom. The largest absolute Gasteiger partial charge is 0.469 e. The van der Waals surface area contributed by atoms with Gasteiger partial charge >= 0.3 is 11.9 Å². The number of methoxy groups -OCH3 is 1. The Hall–Kier alpha value is -3.21. The number of aliphatic hydroxyl groups is 2. The first-order chi connectivity index (χ1) is 24.6. The van der Waals surface area contributed by atoms with Crippen LogP contribution in [0, 0.1) is 29.1 Å². The van der Waals surface area contributed by atoms with Crippen LogP contribution in [0.15, 0.2) is 46.1 Å². The molecule has 2 heterocycles. The molecular formula is C43H62O10. The molecule has 1 saturated heterocycles. The molecule has 0 unspecified atom stereocenters. The van der Waals surface area contributed by atoms with E-state index in [9.17, 15) is 34.2 Å². The van der Waals surface area contributed by atoms with E-state index < -0.39 is 64.6 Å². The van der Waals surface area contributed by atoms with Crippen molar-refractivity contribution in [3.8, 4) is 0 Å². The van der Waals surface area contributed by atoms with Gasteiger partial charge in [-0.3, -0.25) is 24.0 Å². The lowest BCUT2D eigenvalue weighted by Crippen LogP contribution is -2.59. The molecule has 10 heteroatoms. The maximum Gasteiger partial charge on any atom is 0.313 e. The van der Waals surface area contributed by atoms with E-state index in [0.717, 1.165) is 16.7 Å². The number of allylic oxidation sites excluding steroid dienone is 7. The minimum Gasteiger partial charge on any atom is -0.469 e.